The average molecular weight is 373 g/mol. The number of ether oxygens (including phenoxy) is 2. The van der Waals surface area contributed by atoms with Crippen LogP contribution < -0.4 is 0 Å². The summed E-state index contributed by atoms with van der Waals surface area (Å²) in [6.07, 6.45) is 1.28. The summed E-state index contributed by atoms with van der Waals surface area (Å²) in [7, 11) is -2.05. The van der Waals surface area contributed by atoms with Crippen molar-refractivity contribution >= 4 is 20.3 Å². The summed E-state index contributed by atoms with van der Waals surface area (Å²) < 4.78 is 16.3. The highest BCUT2D eigenvalue weighted by atomic mass is 28.4. The van der Waals surface area contributed by atoms with Gasteiger partial charge in [0.25, 0.3) is 0 Å². The van der Waals surface area contributed by atoms with Crippen molar-refractivity contribution in [2.45, 2.75) is 79.1 Å². The van der Waals surface area contributed by atoms with Crippen LogP contribution in [0, 0.1) is 5.92 Å². The molecule has 0 spiro atoms. The number of ketones is 1. The maximum Gasteiger partial charge on any atom is 0.508 e. The maximum atomic E-state index is 12.3. The molecule has 0 amide bonds. The Morgan fingerprint density at radius 1 is 1.12 bits per heavy atom. The van der Waals surface area contributed by atoms with Crippen molar-refractivity contribution in [3.05, 3.63) is 11.6 Å². The van der Waals surface area contributed by atoms with Gasteiger partial charge in [-0.25, -0.2) is 4.79 Å². The fourth-order valence-electron chi connectivity index (χ4n) is 2.09. The van der Waals surface area contributed by atoms with Gasteiger partial charge in [-0.1, -0.05) is 34.6 Å². The zero-order valence-corrected chi connectivity index (χ0v) is 18.4. The molecule has 0 radical (unpaired) electrons. The van der Waals surface area contributed by atoms with Gasteiger partial charge in [0, 0.05) is 12.3 Å². The molecule has 0 aliphatic heterocycles. The fourth-order valence-corrected chi connectivity index (χ4v) is 3.47. The lowest BCUT2D eigenvalue weighted by molar-refractivity contribution is -0.124. The Morgan fingerprint density at radius 2 is 1.68 bits per heavy atom. The fraction of sp³-hybridized carbons (Fsp3) is 0.789. The SMILES string of the molecule is CCOC(=O)OC/C=C(\C)[C@H](O[Si](C)(C)C(C)(C)C)[C@H](C)C(=O)CC. The second-order valence-electron chi connectivity index (χ2n) is 7.85. The third-order valence-electron chi connectivity index (χ3n) is 4.86. The molecule has 0 fully saturated rings. The summed E-state index contributed by atoms with van der Waals surface area (Å²) in [4.78, 5) is 23.6. The molecule has 0 aromatic rings. The highest BCUT2D eigenvalue weighted by Gasteiger charge is 2.41. The van der Waals surface area contributed by atoms with Crippen molar-refractivity contribution in [3.8, 4) is 0 Å². The van der Waals surface area contributed by atoms with Crippen LogP contribution in [0.4, 0.5) is 4.79 Å². The molecule has 0 saturated heterocycles. The Bertz CT molecular complexity index is 477. The van der Waals surface area contributed by atoms with E-state index in [-0.39, 0.29) is 36.1 Å². The van der Waals surface area contributed by atoms with Crippen molar-refractivity contribution in [2.75, 3.05) is 13.2 Å². The average Bonchev–Trinajstić information content (AvgIpc) is 2.50. The van der Waals surface area contributed by atoms with E-state index in [9.17, 15) is 9.59 Å². The Balaban J connectivity index is 5.31. The maximum absolute atomic E-state index is 12.3. The first-order chi connectivity index (χ1) is 11.4. The highest BCUT2D eigenvalue weighted by molar-refractivity contribution is 6.74. The number of hydrogen-bond acceptors (Lipinski definition) is 5. The molecule has 0 aromatic heterocycles. The topological polar surface area (TPSA) is 61.8 Å². The van der Waals surface area contributed by atoms with Crippen LogP contribution in [0.15, 0.2) is 11.6 Å². The van der Waals surface area contributed by atoms with Crippen molar-refractivity contribution in [3.63, 3.8) is 0 Å². The first-order valence-corrected chi connectivity index (χ1v) is 11.9. The number of hydrogen-bond donors (Lipinski definition) is 0. The van der Waals surface area contributed by atoms with E-state index in [4.69, 9.17) is 13.9 Å². The minimum absolute atomic E-state index is 0.0436. The molecule has 146 valence electrons. The molecule has 0 aliphatic rings. The number of Topliss-reactive ketones (excluding diaryl/α,β-unsaturated/α-hetero) is 1. The van der Waals surface area contributed by atoms with Gasteiger partial charge in [-0.15, -0.1) is 0 Å². The molecule has 0 N–H and O–H groups in total. The number of carbonyl (C=O) groups excluding carboxylic acids is 2. The highest BCUT2D eigenvalue weighted by Crippen LogP contribution is 2.39. The molecule has 5 nitrogen and oxygen atoms in total. The molecule has 0 aliphatic carbocycles. The van der Waals surface area contributed by atoms with E-state index < -0.39 is 14.5 Å². The quantitative estimate of drug-likeness (QED) is 0.320. The smallest absolute Gasteiger partial charge is 0.435 e. The first-order valence-electron chi connectivity index (χ1n) is 9.04. The monoisotopic (exact) mass is 372 g/mol. The predicted molar refractivity (Wildman–Crippen MR) is 103 cm³/mol. The molecule has 6 heteroatoms. The molecule has 2 atom stereocenters. The van der Waals surface area contributed by atoms with Crippen LogP contribution >= 0.6 is 0 Å². The minimum Gasteiger partial charge on any atom is -0.435 e. The second kappa shape index (κ2) is 10.1. The van der Waals surface area contributed by atoms with E-state index in [2.05, 4.69) is 33.9 Å². The lowest BCUT2D eigenvalue weighted by Crippen LogP contribution is -2.47. The molecule has 0 heterocycles. The standard InChI is InChI=1S/C19H36O5Si/c1-10-16(20)15(4)17(24-25(8,9)19(5,6)7)14(3)12-13-23-18(21)22-11-2/h12,15,17H,10-11,13H2,1-9H3/b14-12+/t15-,17+/m1/s1. The zero-order valence-electron chi connectivity index (χ0n) is 17.4. The van der Waals surface area contributed by atoms with Gasteiger partial charge < -0.3 is 13.9 Å². The number of carbonyl (C=O) groups is 2. The lowest BCUT2D eigenvalue weighted by Gasteiger charge is -2.41. The van der Waals surface area contributed by atoms with Gasteiger partial charge in [-0.05, 0) is 43.6 Å². The summed E-state index contributed by atoms with van der Waals surface area (Å²) >= 11 is 0. The van der Waals surface area contributed by atoms with E-state index in [0.29, 0.717) is 6.42 Å². The normalized spacial score (nSPS) is 15.5. The largest absolute Gasteiger partial charge is 0.508 e. The van der Waals surface area contributed by atoms with Crippen LogP contribution in [0.5, 0.6) is 0 Å². The van der Waals surface area contributed by atoms with Gasteiger partial charge >= 0.3 is 6.16 Å². The molecule has 0 unspecified atom stereocenters. The number of rotatable bonds is 9. The third-order valence-corrected chi connectivity index (χ3v) is 9.31. The van der Waals surface area contributed by atoms with Gasteiger partial charge in [0.2, 0.25) is 0 Å². The van der Waals surface area contributed by atoms with Crippen LogP contribution in [0.3, 0.4) is 0 Å². The van der Waals surface area contributed by atoms with Crippen molar-refractivity contribution in [1.29, 1.82) is 0 Å². The van der Waals surface area contributed by atoms with Crippen molar-refractivity contribution in [2.24, 2.45) is 5.92 Å². The first kappa shape index (κ1) is 23.9. The summed E-state index contributed by atoms with van der Waals surface area (Å²) in [5.41, 5.74) is 0.906. The zero-order chi connectivity index (χ0) is 19.8. The Morgan fingerprint density at radius 3 is 2.12 bits per heavy atom. The Kier molecular flexibility index (Phi) is 9.65. The molecular formula is C19H36O5Si. The van der Waals surface area contributed by atoms with Crippen molar-refractivity contribution in [1.82, 2.24) is 0 Å². The third kappa shape index (κ3) is 7.73. The summed E-state index contributed by atoms with van der Waals surface area (Å²) in [5, 5.41) is 0.0436. The van der Waals surface area contributed by atoms with E-state index in [1.807, 2.05) is 20.8 Å². The lowest BCUT2D eigenvalue weighted by atomic mass is 9.93. The Labute approximate surface area is 154 Å². The van der Waals surface area contributed by atoms with Gasteiger partial charge in [0.15, 0.2) is 8.32 Å². The van der Waals surface area contributed by atoms with E-state index in [0.717, 1.165) is 5.57 Å². The predicted octanol–water partition coefficient (Wildman–Crippen LogP) is 5.11. The van der Waals surface area contributed by atoms with Crippen molar-refractivity contribution < 1.29 is 23.5 Å². The summed E-state index contributed by atoms with van der Waals surface area (Å²) in [6.45, 7) is 18.7. The second-order valence-corrected chi connectivity index (χ2v) is 12.6. The van der Waals surface area contributed by atoms with Gasteiger partial charge in [0.1, 0.15) is 12.4 Å². The van der Waals surface area contributed by atoms with E-state index >= 15 is 0 Å². The molecule has 0 rings (SSSR count). The van der Waals surface area contributed by atoms with E-state index in [1.165, 1.54) is 0 Å². The summed E-state index contributed by atoms with van der Waals surface area (Å²) in [5.74, 6) is -0.0688. The molecular weight excluding hydrogens is 336 g/mol. The minimum atomic E-state index is -2.05. The van der Waals surface area contributed by atoms with Crippen LogP contribution in [0.2, 0.25) is 18.1 Å². The molecule has 25 heavy (non-hydrogen) atoms. The van der Waals surface area contributed by atoms with Crippen LogP contribution in [0.1, 0.15) is 54.9 Å². The van der Waals surface area contributed by atoms with E-state index in [1.54, 1.807) is 13.0 Å². The van der Waals surface area contributed by atoms with Crippen LogP contribution in [-0.2, 0) is 18.7 Å². The van der Waals surface area contributed by atoms with Gasteiger partial charge in [-0.2, -0.15) is 0 Å². The van der Waals surface area contributed by atoms with Gasteiger partial charge in [-0.3, -0.25) is 4.79 Å². The van der Waals surface area contributed by atoms with Crippen LogP contribution in [-0.4, -0.2) is 39.6 Å². The van der Waals surface area contributed by atoms with Crippen LogP contribution in [0.25, 0.3) is 0 Å². The Hall–Kier alpha value is -1.14. The van der Waals surface area contributed by atoms with Gasteiger partial charge in [0.05, 0.1) is 12.7 Å². The molecule has 0 aromatic carbocycles. The summed E-state index contributed by atoms with van der Waals surface area (Å²) in [6, 6.07) is 0. The molecule has 0 bridgehead atoms. The molecule has 0 saturated carbocycles.